The van der Waals surface area contributed by atoms with Crippen molar-refractivity contribution in [1.29, 1.82) is 0 Å². The molecule has 8 nitrogen and oxygen atoms in total. The Morgan fingerprint density at radius 3 is 2.43 bits per heavy atom. The number of aromatic nitrogens is 1. The number of methoxy groups -OCH3 is 1. The molecule has 0 bridgehead atoms. The molecule has 0 radical (unpaired) electrons. The number of amides is 2. The van der Waals surface area contributed by atoms with Gasteiger partial charge in [-0.3, -0.25) is 4.79 Å². The normalized spacial score (nSPS) is 10.5. The van der Waals surface area contributed by atoms with Crippen LogP contribution in [0.2, 0.25) is 0 Å². The number of carbonyl (C=O) groups is 3. The van der Waals surface area contributed by atoms with Crippen LogP contribution in [0.25, 0.3) is 0 Å². The van der Waals surface area contributed by atoms with Crippen LogP contribution in [0.5, 0.6) is 0 Å². The number of ketones is 1. The number of nitrogens with one attached hydrogen (secondary N) is 1. The highest BCUT2D eigenvalue weighted by Crippen LogP contribution is 2.17. The number of carbonyl (C=O) groups excluding carboxylic acids is 3. The van der Waals surface area contributed by atoms with Gasteiger partial charge in [-0.15, -0.1) is 0 Å². The first-order valence-corrected chi connectivity index (χ1v) is 8.86. The minimum Gasteiger partial charge on any atom is -0.454 e. The van der Waals surface area contributed by atoms with Gasteiger partial charge >= 0.3 is 12.0 Å². The molecule has 0 fully saturated rings. The van der Waals surface area contributed by atoms with Crippen molar-refractivity contribution in [1.82, 2.24) is 4.57 Å². The van der Waals surface area contributed by atoms with Crippen LogP contribution in [0.15, 0.2) is 30.3 Å². The monoisotopic (exact) mass is 387 g/mol. The number of nitrogens with zero attached hydrogens (tertiary/aromatic N) is 1. The van der Waals surface area contributed by atoms with Gasteiger partial charge in [0.1, 0.15) is 0 Å². The van der Waals surface area contributed by atoms with E-state index in [0.29, 0.717) is 17.9 Å². The molecule has 0 aliphatic heterocycles. The number of anilines is 1. The maximum absolute atomic E-state index is 12.5. The zero-order valence-corrected chi connectivity index (χ0v) is 16.3. The molecular formula is C20H25N3O5. The largest absolute Gasteiger partial charge is 0.454 e. The number of rotatable bonds is 9. The summed E-state index contributed by atoms with van der Waals surface area (Å²) >= 11 is 0. The lowest BCUT2D eigenvalue weighted by Crippen LogP contribution is -2.19. The molecular weight excluding hydrogens is 362 g/mol. The van der Waals surface area contributed by atoms with Gasteiger partial charge in [0.2, 0.25) is 5.78 Å². The van der Waals surface area contributed by atoms with E-state index < -0.39 is 12.0 Å². The van der Waals surface area contributed by atoms with Crippen LogP contribution in [0.1, 0.15) is 38.5 Å². The molecule has 0 aliphatic rings. The molecule has 0 saturated carbocycles. The number of aryl methyl sites for hydroxylation is 1. The third-order valence-corrected chi connectivity index (χ3v) is 4.33. The van der Waals surface area contributed by atoms with E-state index in [0.717, 1.165) is 24.4 Å². The topological polar surface area (TPSA) is 113 Å². The highest BCUT2D eigenvalue weighted by molar-refractivity contribution is 6.00. The van der Waals surface area contributed by atoms with Gasteiger partial charge < -0.3 is 25.1 Å². The van der Waals surface area contributed by atoms with Crippen molar-refractivity contribution in [2.75, 3.05) is 25.6 Å². The summed E-state index contributed by atoms with van der Waals surface area (Å²) in [5, 5.41) is 2.40. The standard InChI is InChI=1S/C20H25N3O5/c1-13-11-17(14(2)23(13)9-4-10-27-3)18(24)12-28-19(25)15-5-7-16(8-6-15)22-20(21)26/h5-8,11H,4,9-10,12H2,1-3H3,(H3,21,22,26). The third kappa shape index (κ3) is 5.43. The van der Waals surface area contributed by atoms with Crippen molar-refractivity contribution in [2.45, 2.75) is 26.8 Å². The highest BCUT2D eigenvalue weighted by atomic mass is 16.5. The van der Waals surface area contributed by atoms with E-state index in [9.17, 15) is 14.4 Å². The molecule has 2 aromatic rings. The fourth-order valence-electron chi connectivity index (χ4n) is 2.92. The fraction of sp³-hybridized carbons (Fsp3) is 0.350. The Balaban J connectivity index is 1.97. The summed E-state index contributed by atoms with van der Waals surface area (Å²) in [4.78, 5) is 35.4. The first-order valence-electron chi connectivity index (χ1n) is 8.86. The minimum absolute atomic E-state index is 0.258. The number of primary amides is 1. The summed E-state index contributed by atoms with van der Waals surface area (Å²) in [6.45, 7) is 4.86. The summed E-state index contributed by atoms with van der Waals surface area (Å²) in [5.41, 5.74) is 8.12. The van der Waals surface area contributed by atoms with E-state index in [1.807, 2.05) is 19.9 Å². The first kappa shape index (κ1) is 21.2. The molecule has 0 spiro atoms. The predicted octanol–water partition coefficient (Wildman–Crippen LogP) is 2.67. The SMILES string of the molecule is COCCCn1c(C)cc(C(=O)COC(=O)c2ccc(NC(N)=O)cc2)c1C. The lowest BCUT2D eigenvalue weighted by molar-refractivity contribution is 0.0474. The Hall–Kier alpha value is -3.13. The molecule has 1 aromatic heterocycles. The number of hydrogen-bond donors (Lipinski definition) is 2. The second-order valence-electron chi connectivity index (χ2n) is 6.35. The van der Waals surface area contributed by atoms with Gasteiger partial charge in [-0.1, -0.05) is 0 Å². The molecule has 0 atom stereocenters. The Labute approximate surface area is 163 Å². The van der Waals surface area contributed by atoms with E-state index in [2.05, 4.69) is 9.88 Å². The van der Waals surface area contributed by atoms with Crippen molar-refractivity contribution in [3.05, 3.63) is 52.8 Å². The van der Waals surface area contributed by atoms with Crippen LogP contribution in [0, 0.1) is 13.8 Å². The van der Waals surface area contributed by atoms with Crippen molar-refractivity contribution in [3.8, 4) is 0 Å². The summed E-state index contributed by atoms with van der Waals surface area (Å²) in [7, 11) is 1.65. The van der Waals surface area contributed by atoms with Crippen LogP contribution >= 0.6 is 0 Å². The van der Waals surface area contributed by atoms with Crippen LogP contribution in [-0.2, 0) is 16.0 Å². The van der Waals surface area contributed by atoms with Gasteiger partial charge in [0.25, 0.3) is 0 Å². The highest BCUT2D eigenvalue weighted by Gasteiger charge is 2.18. The molecule has 8 heteroatoms. The molecule has 28 heavy (non-hydrogen) atoms. The third-order valence-electron chi connectivity index (χ3n) is 4.33. The Bertz CT molecular complexity index is 855. The molecule has 0 aliphatic carbocycles. The second-order valence-corrected chi connectivity index (χ2v) is 6.35. The molecule has 1 aromatic carbocycles. The maximum Gasteiger partial charge on any atom is 0.338 e. The minimum atomic E-state index is -0.694. The van der Waals surface area contributed by atoms with E-state index in [1.54, 1.807) is 7.11 Å². The average Bonchev–Trinajstić information content (AvgIpc) is 2.94. The van der Waals surface area contributed by atoms with Crippen LogP contribution in [-0.4, -0.2) is 42.7 Å². The number of esters is 1. The number of ether oxygens (including phenoxy) is 2. The fourth-order valence-corrected chi connectivity index (χ4v) is 2.92. The van der Waals surface area contributed by atoms with Crippen LogP contribution < -0.4 is 11.1 Å². The number of Topliss-reactive ketones (excluding diaryl/α,β-unsaturated/α-hetero) is 1. The summed E-state index contributed by atoms with van der Waals surface area (Å²) in [6.07, 6.45) is 0.843. The first-order chi connectivity index (χ1) is 13.3. The molecule has 2 rings (SSSR count). The second kappa shape index (κ2) is 9.70. The maximum atomic E-state index is 12.5. The number of benzene rings is 1. The molecule has 150 valence electrons. The average molecular weight is 387 g/mol. The van der Waals surface area contributed by atoms with E-state index in [1.165, 1.54) is 24.3 Å². The number of nitrogens with two attached hydrogens (primary N) is 1. The van der Waals surface area contributed by atoms with Gasteiger partial charge in [0.15, 0.2) is 6.61 Å². The quantitative estimate of drug-likeness (QED) is 0.390. The van der Waals surface area contributed by atoms with Crippen LogP contribution in [0.3, 0.4) is 0 Å². The van der Waals surface area contributed by atoms with Crippen molar-refractivity contribution < 1.29 is 23.9 Å². The van der Waals surface area contributed by atoms with Gasteiger partial charge in [-0.2, -0.15) is 0 Å². The van der Waals surface area contributed by atoms with Gasteiger partial charge in [0.05, 0.1) is 5.56 Å². The molecule has 2 amide bonds. The van der Waals surface area contributed by atoms with Crippen molar-refractivity contribution >= 4 is 23.5 Å². The molecule has 0 unspecified atom stereocenters. The summed E-state index contributed by atoms with van der Waals surface area (Å²) in [6, 6.07) is 7.14. The van der Waals surface area contributed by atoms with Gasteiger partial charge in [-0.25, -0.2) is 9.59 Å². The Morgan fingerprint density at radius 1 is 1.14 bits per heavy atom. The molecule has 3 N–H and O–H groups in total. The zero-order valence-electron chi connectivity index (χ0n) is 16.3. The van der Waals surface area contributed by atoms with Crippen molar-refractivity contribution in [2.24, 2.45) is 5.73 Å². The van der Waals surface area contributed by atoms with E-state index >= 15 is 0 Å². The lowest BCUT2D eigenvalue weighted by Gasteiger charge is -2.09. The van der Waals surface area contributed by atoms with Crippen molar-refractivity contribution in [3.63, 3.8) is 0 Å². The van der Waals surface area contributed by atoms with Gasteiger partial charge in [0, 0.05) is 42.9 Å². The molecule has 0 saturated heterocycles. The van der Waals surface area contributed by atoms with E-state index in [4.69, 9.17) is 15.2 Å². The zero-order chi connectivity index (χ0) is 20.7. The summed E-state index contributed by atoms with van der Waals surface area (Å²) in [5.74, 6) is -0.876. The predicted molar refractivity (Wildman–Crippen MR) is 105 cm³/mol. The van der Waals surface area contributed by atoms with Crippen LogP contribution in [0.4, 0.5) is 10.5 Å². The summed E-state index contributed by atoms with van der Waals surface area (Å²) < 4.78 is 12.3. The van der Waals surface area contributed by atoms with E-state index in [-0.39, 0.29) is 18.0 Å². The molecule has 1 heterocycles. The van der Waals surface area contributed by atoms with Gasteiger partial charge in [-0.05, 0) is 50.6 Å². The number of hydrogen-bond acceptors (Lipinski definition) is 5. The smallest absolute Gasteiger partial charge is 0.338 e. The Kier molecular flexibility index (Phi) is 7.34. The Morgan fingerprint density at radius 2 is 1.82 bits per heavy atom. The number of urea groups is 1. The lowest BCUT2D eigenvalue weighted by atomic mass is 10.1.